The molecule has 30 heavy (non-hydrogen) atoms. The van der Waals surface area contributed by atoms with Crippen LogP contribution in [0.25, 0.3) is 0 Å². The molecule has 1 aliphatic rings. The molecule has 0 spiro atoms. The third-order valence-electron chi connectivity index (χ3n) is 4.93. The van der Waals surface area contributed by atoms with E-state index in [4.69, 9.17) is 0 Å². The zero-order chi connectivity index (χ0) is 21.3. The van der Waals surface area contributed by atoms with Crippen molar-refractivity contribution in [1.29, 1.82) is 0 Å². The maximum absolute atomic E-state index is 12.6. The second-order valence-electron chi connectivity index (χ2n) is 7.41. The summed E-state index contributed by atoms with van der Waals surface area (Å²) in [7, 11) is 0. The van der Waals surface area contributed by atoms with Gasteiger partial charge < -0.3 is 15.2 Å². The fourth-order valence-electron chi connectivity index (χ4n) is 3.42. The Kier molecular flexibility index (Phi) is 8.07. The molecule has 2 amide bonds. The van der Waals surface area contributed by atoms with Crippen LogP contribution in [0.4, 0.5) is 5.69 Å². The second kappa shape index (κ2) is 11.0. The molecule has 0 unspecified atom stereocenters. The van der Waals surface area contributed by atoms with Crippen molar-refractivity contribution in [3.63, 3.8) is 0 Å². The quantitative estimate of drug-likeness (QED) is 0.520. The second-order valence-corrected chi connectivity index (χ2v) is 8.38. The van der Waals surface area contributed by atoms with Crippen LogP contribution in [-0.4, -0.2) is 45.5 Å². The molecule has 1 aromatic heterocycles. The number of H-pyrrole nitrogens is 1. The van der Waals surface area contributed by atoms with Gasteiger partial charge in [-0.25, -0.2) is 4.98 Å². The van der Waals surface area contributed by atoms with Gasteiger partial charge in [0.1, 0.15) is 0 Å². The molecular formula is C22H28N4O3S. The van der Waals surface area contributed by atoms with Crippen molar-refractivity contribution in [3.8, 4) is 0 Å². The van der Waals surface area contributed by atoms with Gasteiger partial charge in [-0.2, -0.15) is 0 Å². The first-order valence-corrected chi connectivity index (χ1v) is 11.5. The van der Waals surface area contributed by atoms with Gasteiger partial charge in [-0.05, 0) is 43.5 Å². The zero-order valence-corrected chi connectivity index (χ0v) is 18.1. The lowest BCUT2D eigenvalue weighted by Crippen LogP contribution is -2.31. The van der Waals surface area contributed by atoms with Gasteiger partial charge in [0.05, 0.1) is 5.75 Å². The number of aromatic amines is 1. The van der Waals surface area contributed by atoms with E-state index in [0.717, 1.165) is 44.5 Å². The number of nitrogens with zero attached hydrogens (tertiary/aromatic N) is 2. The summed E-state index contributed by atoms with van der Waals surface area (Å²) in [6, 6.07) is 8.49. The van der Waals surface area contributed by atoms with Crippen LogP contribution in [0.5, 0.6) is 0 Å². The highest BCUT2D eigenvalue weighted by Gasteiger charge is 2.17. The number of carbonyl (C=O) groups excluding carboxylic acids is 2. The number of carbonyl (C=O) groups is 2. The average molecular weight is 429 g/mol. The molecule has 2 N–H and O–H groups in total. The molecule has 1 aliphatic heterocycles. The summed E-state index contributed by atoms with van der Waals surface area (Å²) in [6.07, 6.45) is 6.10. The van der Waals surface area contributed by atoms with E-state index >= 15 is 0 Å². The lowest BCUT2D eigenvalue weighted by Gasteiger charge is -2.20. The fraction of sp³-hybridized carbons (Fsp3) is 0.455. The van der Waals surface area contributed by atoms with Crippen molar-refractivity contribution in [1.82, 2.24) is 14.9 Å². The smallest absolute Gasteiger partial charge is 0.253 e. The maximum Gasteiger partial charge on any atom is 0.253 e. The molecule has 8 heteroatoms. The molecule has 0 atom stereocenters. The molecule has 0 radical (unpaired) electrons. The first kappa shape index (κ1) is 22.1. The van der Waals surface area contributed by atoms with Crippen LogP contribution in [-0.2, 0) is 11.2 Å². The van der Waals surface area contributed by atoms with Crippen molar-refractivity contribution in [3.05, 3.63) is 51.9 Å². The molecule has 0 aliphatic carbocycles. The average Bonchev–Trinajstić information content (AvgIpc) is 3.02. The highest BCUT2D eigenvalue weighted by atomic mass is 32.2. The van der Waals surface area contributed by atoms with Crippen LogP contribution in [0.1, 0.15) is 55.1 Å². The van der Waals surface area contributed by atoms with E-state index < -0.39 is 0 Å². The summed E-state index contributed by atoms with van der Waals surface area (Å²) in [5.74, 6) is -0.0186. The predicted molar refractivity (Wildman–Crippen MR) is 119 cm³/mol. The van der Waals surface area contributed by atoms with E-state index in [0.29, 0.717) is 16.4 Å². The molecule has 1 saturated heterocycles. The van der Waals surface area contributed by atoms with E-state index in [1.807, 2.05) is 11.8 Å². The number of nitrogens with one attached hydrogen (secondary N) is 2. The monoisotopic (exact) mass is 428 g/mol. The molecule has 1 aromatic carbocycles. The summed E-state index contributed by atoms with van der Waals surface area (Å²) in [6.45, 7) is 3.64. The number of hydrogen-bond donors (Lipinski definition) is 2. The first-order valence-electron chi connectivity index (χ1n) is 10.5. The van der Waals surface area contributed by atoms with Gasteiger partial charge >= 0.3 is 0 Å². The van der Waals surface area contributed by atoms with Crippen molar-refractivity contribution in [2.24, 2.45) is 0 Å². The largest absolute Gasteiger partial charge is 0.339 e. The van der Waals surface area contributed by atoms with Crippen LogP contribution in [0.2, 0.25) is 0 Å². The standard InChI is InChI=1S/C22H28N4O3S/c1-2-7-18-14-19(27)25-22(24-18)30-15-20(28)23-17-10-8-16(9-11-17)21(29)26-12-5-3-4-6-13-26/h8-11,14H,2-7,12-13,15H2,1H3,(H,23,28)(H,24,25,27). The highest BCUT2D eigenvalue weighted by Crippen LogP contribution is 2.17. The number of aryl methyl sites for hydroxylation is 1. The van der Waals surface area contributed by atoms with Gasteiger partial charge in [-0.15, -0.1) is 0 Å². The van der Waals surface area contributed by atoms with Crippen molar-refractivity contribution in [2.75, 3.05) is 24.2 Å². The third kappa shape index (κ3) is 6.45. The van der Waals surface area contributed by atoms with E-state index in [2.05, 4.69) is 15.3 Å². The summed E-state index contributed by atoms with van der Waals surface area (Å²) in [4.78, 5) is 45.5. The molecule has 0 saturated carbocycles. The Morgan fingerprint density at radius 3 is 2.50 bits per heavy atom. The summed E-state index contributed by atoms with van der Waals surface area (Å²) < 4.78 is 0. The van der Waals surface area contributed by atoms with E-state index in [1.165, 1.54) is 30.7 Å². The van der Waals surface area contributed by atoms with Crippen molar-refractivity contribution >= 4 is 29.3 Å². The zero-order valence-electron chi connectivity index (χ0n) is 17.3. The lowest BCUT2D eigenvalue weighted by molar-refractivity contribution is -0.113. The van der Waals surface area contributed by atoms with Crippen LogP contribution < -0.4 is 10.9 Å². The van der Waals surface area contributed by atoms with Crippen molar-refractivity contribution in [2.45, 2.75) is 50.6 Å². The Morgan fingerprint density at radius 2 is 1.83 bits per heavy atom. The minimum Gasteiger partial charge on any atom is -0.339 e. The van der Waals surface area contributed by atoms with Gasteiger partial charge in [-0.1, -0.05) is 37.9 Å². The minimum atomic E-state index is -0.207. The predicted octanol–water partition coefficient (Wildman–Crippen LogP) is 3.47. The van der Waals surface area contributed by atoms with Crippen LogP contribution in [0.15, 0.2) is 40.3 Å². The number of likely N-dealkylation sites (tertiary alicyclic amines) is 1. The molecule has 7 nitrogen and oxygen atoms in total. The Labute approximate surface area is 180 Å². The Morgan fingerprint density at radius 1 is 1.13 bits per heavy atom. The topological polar surface area (TPSA) is 95.2 Å². The SMILES string of the molecule is CCCc1cc(=O)[nH]c(SCC(=O)Nc2ccc(C(=O)N3CCCCCC3)cc2)n1. The maximum atomic E-state index is 12.6. The molecular weight excluding hydrogens is 400 g/mol. The number of amides is 2. The number of rotatable bonds is 7. The molecule has 0 bridgehead atoms. The van der Waals surface area contributed by atoms with E-state index in [-0.39, 0.29) is 23.1 Å². The van der Waals surface area contributed by atoms with Gasteiger partial charge in [-0.3, -0.25) is 14.4 Å². The van der Waals surface area contributed by atoms with E-state index in [9.17, 15) is 14.4 Å². The van der Waals surface area contributed by atoms with Crippen LogP contribution >= 0.6 is 11.8 Å². The number of aromatic nitrogens is 2. The van der Waals surface area contributed by atoms with Gasteiger partial charge in [0, 0.05) is 36.1 Å². The summed E-state index contributed by atoms with van der Waals surface area (Å²) in [5, 5.41) is 3.26. The summed E-state index contributed by atoms with van der Waals surface area (Å²) >= 11 is 1.19. The number of thioether (sulfide) groups is 1. The fourth-order valence-corrected chi connectivity index (χ4v) is 4.11. The molecule has 2 aromatic rings. The molecule has 2 heterocycles. The van der Waals surface area contributed by atoms with Crippen LogP contribution in [0, 0.1) is 0 Å². The van der Waals surface area contributed by atoms with E-state index in [1.54, 1.807) is 24.3 Å². The van der Waals surface area contributed by atoms with Crippen LogP contribution in [0.3, 0.4) is 0 Å². The van der Waals surface area contributed by atoms with Gasteiger partial charge in [0.15, 0.2) is 5.16 Å². The number of benzene rings is 1. The normalized spacial score (nSPS) is 14.2. The van der Waals surface area contributed by atoms with Gasteiger partial charge in [0.25, 0.3) is 11.5 Å². The molecule has 1 fully saturated rings. The van der Waals surface area contributed by atoms with Crippen molar-refractivity contribution < 1.29 is 9.59 Å². The van der Waals surface area contributed by atoms with Gasteiger partial charge in [0.2, 0.25) is 5.91 Å². The minimum absolute atomic E-state index is 0.0484. The Bertz CT molecular complexity index is 919. The summed E-state index contributed by atoms with van der Waals surface area (Å²) in [5.41, 5.74) is 1.79. The lowest BCUT2D eigenvalue weighted by atomic mass is 10.1. The Balaban J connectivity index is 1.53. The highest BCUT2D eigenvalue weighted by molar-refractivity contribution is 7.99. The number of hydrogen-bond acceptors (Lipinski definition) is 5. The first-order chi connectivity index (χ1) is 14.5. The molecule has 3 rings (SSSR count). The Hall–Kier alpha value is -2.61. The number of anilines is 1. The molecule has 160 valence electrons. The third-order valence-corrected chi connectivity index (χ3v) is 5.80.